The van der Waals surface area contributed by atoms with Gasteiger partial charge in [0.15, 0.2) is 0 Å². The van der Waals surface area contributed by atoms with Gasteiger partial charge in [-0.1, -0.05) is 35.9 Å². The molecule has 2 aromatic carbocycles. The molecule has 2 aromatic heterocycles. The zero-order valence-corrected chi connectivity index (χ0v) is 15.8. The minimum Gasteiger partial charge on any atom is -0.475 e. The summed E-state index contributed by atoms with van der Waals surface area (Å²) in [6, 6.07) is 16.6. The number of hydrogen-bond donors (Lipinski definition) is 2. The summed E-state index contributed by atoms with van der Waals surface area (Å²) in [5.41, 5.74) is 5.19. The fraction of sp³-hybridized carbons (Fsp3) is 0.0500. The van der Waals surface area contributed by atoms with Crippen LogP contribution in [0.3, 0.4) is 0 Å². The number of carbonyl (C=O) groups excluding carboxylic acids is 1. The highest BCUT2D eigenvalue weighted by Gasteiger charge is 2.38. The molecule has 0 radical (unpaired) electrons. The van der Waals surface area contributed by atoms with Crippen LogP contribution in [-0.2, 0) is 4.79 Å². The van der Waals surface area contributed by atoms with Crippen molar-refractivity contribution in [2.24, 2.45) is 0 Å². The molecule has 6 nitrogen and oxygen atoms in total. The summed E-state index contributed by atoms with van der Waals surface area (Å²) in [5, 5.41) is 9.77. The standard InChI is InChI=1S/C18H12ClN3O.C2HF3O2/c19-13-6-7-14-15-8-9-20-11-17(15)22(16(14)10-13)21-18(23)12-4-2-1-3-5-12;3-2(4,5)1(6)7/h1-11H,(H,21,23);(H,6,7). The van der Waals surface area contributed by atoms with Crippen molar-refractivity contribution in [1.82, 2.24) is 9.66 Å². The predicted octanol–water partition coefficient (Wildman–Crippen LogP) is 4.86. The van der Waals surface area contributed by atoms with Crippen LogP contribution in [0.1, 0.15) is 10.4 Å². The van der Waals surface area contributed by atoms with Crippen molar-refractivity contribution in [2.75, 3.05) is 5.43 Å². The van der Waals surface area contributed by atoms with Gasteiger partial charge in [0.1, 0.15) is 0 Å². The van der Waals surface area contributed by atoms with E-state index in [1.165, 1.54) is 0 Å². The highest BCUT2D eigenvalue weighted by atomic mass is 35.5. The number of carbonyl (C=O) groups is 2. The molecule has 2 heterocycles. The molecule has 2 N–H and O–H groups in total. The van der Waals surface area contributed by atoms with Gasteiger partial charge < -0.3 is 5.11 Å². The first kappa shape index (κ1) is 21.1. The van der Waals surface area contributed by atoms with Gasteiger partial charge in [-0.05, 0) is 30.3 Å². The van der Waals surface area contributed by atoms with E-state index in [1.54, 1.807) is 29.2 Å². The van der Waals surface area contributed by atoms with E-state index < -0.39 is 12.1 Å². The number of carboxylic acid groups (broad SMARTS) is 1. The van der Waals surface area contributed by atoms with E-state index >= 15 is 0 Å². The van der Waals surface area contributed by atoms with Gasteiger partial charge in [0.25, 0.3) is 5.91 Å². The number of halogens is 4. The number of aliphatic carboxylic acids is 1. The van der Waals surface area contributed by atoms with Gasteiger partial charge in [0, 0.05) is 27.6 Å². The molecule has 1 amide bonds. The summed E-state index contributed by atoms with van der Waals surface area (Å²) in [4.78, 5) is 25.6. The van der Waals surface area contributed by atoms with Gasteiger partial charge in [-0.3, -0.25) is 19.9 Å². The van der Waals surface area contributed by atoms with Gasteiger partial charge in [-0.15, -0.1) is 0 Å². The van der Waals surface area contributed by atoms with Gasteiger partial charge in [0.05, 0.1) is 17.2 Å². The van der Waals surface area contributed by atoms with Crippen molar-refractivity contribution < 1.29 is 27.9 Å². The molecule has 0 saturated carbocycles. The van der Waals surface area contributed by atoms with Crippen molar-refractivity contribution in [2.45, 2.75) is 6.18 Å². The molecular weight excluding hydrogens is 423 g/mol. The molecule has 0 aliphatic carbocycles. The van der Waals surface area contributed by atoms with Crippen LogP contribution in [0.25, 0.3) is 21.8 Å². The molecule has 0 atom stereocenters. The van der Waals surface area contributed by atoms with Gasteiger partial charge in [0.2, 0.25) is 0 Å². The Morgan fingerprint density at radius 3 is 2.27 bits per heavy atom. The van der Waals surface area contributed by atoms with Crippen molar-refractivity contribution in [3.63, 3.8) is 0 Å². The number of alkyl halides is 3. The van der Waals surface area contributed by atoms with Gasteiger partial charge >= 0.3 is 12.1 Å². The maximum atomic E-state index is 12.5. The number of nitrogens with zero attached hydrogens (tertiary/aromatic N) is 2. The molecule has 0 unspecified atom stereocenters. The van der Waals surface area contributed by atoms with Crippen LogP contribution in [0.4, 0.5) is 13.2 Å². The smallest absolute Gasteiger partial charge is 0.475 e. The monoisotopic (exact) mass is 435 g/mol. The lowest BCUT2D eigenvalue weighted by Gasteiger charge is -2.09. The number of pyridine rings is 1. The van der Waals surface area contributed by atoms with E-state index in [-0.39, 0.29) is 5.91 Å². The third-order valence-electron chi connectivity index (χ3n) is 4.02. The summed E-state index contributed by atoms with van der Waals surface area (Å²) in [6.45, 7) is 0. The zero-order valence-electron chi connectivity index (χ0n) is 15.0. The molecule has 0 saturated heterocycles. The Labute approximate surface area is 172 Å². The maximum absolute atomic E-state index is 12.5. The van der Waals surface area contributed by atoms with Crippen LogP contribution in [0.15, 0.2) is 67.0 Å². The normalized spacial score (nSPS) is 11.1. The molecule has 10 heteroatoms. The minimum absolute atomic E-state index is 0.187. The Bertz CT molecular complexity index is 1220. The lowest BCUT2D eigenvalue weighted by molar-refractivity contribution is -0.192. The molecule has 30 heavy (non-hydrogen) atoms. The topological polar surface area (TPSA) is 84.2 Å². The zero-order chi connectivity index (χ0) is 21.9. The number of benzene rings is 2. The van der Waals surface area contributed by atoms with E-state index in [0.29, 0.717) is 10.6 Å². The lowest BCUT2D eigenvalue weighted by Crippen LogP contribution is -2.22. The molecule has 154 valence electrons. The van der Waals surface area contributed by atoms with Crippen LogP contribution < -0.4 is 5.43 Å². The second-order valence-corrected chi connectivity index (χ2v) is 6.44. The number of amides is 1. The van der Waals surface area contributed by atoms with Crippen LogP contribution in [0, 0.1) is 0 Å². The first-order chi connectivity index (χ1) is 14.2. The van der Waals surface area contributed by atoms with Crippen LogP contribution in [0.5, 0.6) is 0 Å². The van der Waals surface area contributed by atoms with Crippen molar-refractivity contribution in [3.8, 4) is 0 Å². The number of fused-ring (bicyclic) bond motifs is 3. The number of nitrogens with one attached hydrogen (secondary N) is 1. The summed E-state index contributed by atoms with van der Waals surface area (Å²) in [6.07, 6.45) is -1.62. The maximum Gasteiger partial charge on any atom is 0.490 e. The number of rotatable bonds is 2. The Hall–Kier alpha value is -3.59. The van der Waals surface area contributed by atoms with E-state index in [4.69, 9.17) is 21.5 Å². The van der Waals surface area contributed by atoms with Crippen LogP contribution in [-0.4, -0.2) is 32.8 Å². The average molecular weight is 436 g/mol. The molecule has 0 bridgehead atoms. The first-order valence-electron chi connectivity index (χ1n) is 8.38. The number of hydrogen-bond acceptors (Lipinski definition) is 3. The fourth-order valence-electron chi connectivity index (χ4n) is 2.72. The third kappa shape index (κ3) is 4.52. The summed E-state index contributed by atoms with van der Waals surface area (Å²) in [5.74, 6) is -2.94. The van der Waals surface area contributed by atoms with Crippen LogP contribution >= 0.6 is 11.6 Å². The summed E-state index contributed by atoms with van der Waals surface area (Å²) < 4.78 is 33.5. The molecule has 0 aliphatic rings. The fourth-order valence-corrected chi connectivity index (χ4v) is 2.88. The quantitative estimate of drug-likeness (QED) is 0.471. The van der Waals surface area contributed by atoms with E-state index in [1.807, 2.05) is 42.5 Å². The Morgan fingerprint density at radius 1 is 1.00 bits per heavy atom. The van der Waals surface area contributed by atoms with E-state index in [2.05, 4.69) is 10.4 Å². The number of aromatic nitrogens is 2. The Morgan fingerprint density at radius 2 is 1.63 bits per heavy atom. The summed E-state index contributed by atoms with van der Waals surface area (Å²) >= 11 is 6.13. The third-order valence-corrected chi connectivity index (χ3v) is 4.26. The number of carboxylic acids is 1. The second-order valence-electron chi connectivity index (χ2n) is 6.00. The van der Waals surface area contributed by atoms with Crippen molar-refractivity contribution in [3.05, 3.63) is 77.6 Å². The lowest BCUT2D eigenvalue weighted by atomic mass is 10.2. The average Bonchev–Trinajstić information content (AvgIpc) is 3.01. The van der Waals surface area contributed by atoms with Gasteiger partial charge in [-0.25, -0.2) is 4.79 Å². The van der Waals surface area contributed by atoms with Crippen molar-refractivity contribution in [1.29, 1.82) is 0 Å². The first-order valence-corrected chi connectivity index (χ1v) is 8.76. The molecule has 0 fully saturated rings. The van der Waals surface area contributed by atoms with E-state index in [9.17, 15) is 18.0 Å². The second kappa shape index (κ2) is 8.42. The molecule has 0 spiro atoms. The van der Waals surface area contributed by atoms with E-state index in [0.717, 1.165) is 21.8 Å². The highest BCUT2D eigenvalue weighted by Crippen LogP contribution is 2.29. The van der Waals surface area contributed by atoms with Gasteiger partial charge in [-0.2, -0.15) is 13.2 Å². The summed E-state index contributed by atoms with van der Waals surface area (Å²) in [7, 11) is 0. The highest BCUT2D eigenvalue weighted by molar-refractivity contribution is 6.31. The Kier molecular flexibility index (Phi) is 5.93. The van der Waals surface area contributed by atoms with Crippen LogP contribution in [0.2, 0.25) is 5.02 Å². The Balaban J connectivity index is 0.000000318. The molecule has 0 aliphatic heterocycles. The minimum atomic E-state index is -5.08. The SMILES string of the molecule is O=C(Nn1c2cnccc2c2ccc(Cl)cc21)c1ccccc1.O=C(O)C(F)(F)F. The molecule has 4 aromatic rings. The van der Waals surface area contributed by atoms with Crippen molar-refractivity contribution >= 4 is 45.3 Å². The largest absolute Gasteiger partial charge is 0.490 e. The predicted molar refractivity (Wildman–Crippen MR) is 106 cm³/mol. The molecular formula is C20H13ClF3N3O3. The molecule has 4 rings (SSSR count).